The fourth-order valence-corrected chi connectivity index (χ4v) is 11.7. The highest BCUT2D eigenvalue weighted by Crippen LogP contribution is 2.89. The second-order valence-electron chi connectivity index (χ2n) is 15.4. The van der Waals surface area contributed by atoms with Crippen molar-refractivity contribution in [3.8, 4) is 0 Å². The Balaban J connectivity index is 1.40. The summed E-state index contributed by atoms with van der Waals surface area (Å²) in [6.07, 6.45) is 13.9. The predicted molar refractivity (Wildman–Crippen MR) is 142 cm³/mol. The molecule has 4 nitrogen and oxygen atoms in total. The molecule has 0 aromatic carbocycles. The summed E-state index contributed by atoms with van der Waals surface area (Å²) in [5.41, 5.74) is 1.26. The zero-order valence-electron chi connectivity index (χ0n) is 24.1. The van der Waals surface area contributed by atoms with Gasteiger partial charge in [-0.25, -0.2) is 0 Å². The molecule has 0 amide bonds. The van der Waals surface area contributed by atoms with Gasteiger partial charge in [0.25, 0.3) is 0 Å². The third-order valence-corrected chi connectivity index (χ3v) is 13.5. The molecule has 5 aliphatic rings. The summed E-state index contributed by atoms with van der Waals surface area (Å²) in [6.45, 7) is 15.9. The standard InChI is InChI=1S/C32H52O4/c1-20(2)9-8-10-22(27(34)35)23-13-15-30(7)25-12-11-24-28(4,5)26(36-21(3)33)14-16-31(24)19-32(25,31)18-17-29(23,30)6/h20,22-26H,8-19H2,1-7H3,(H,34,35)/t22-,23-,24-,25-,26-,29-,30+,31-,32+/m1/s1. The molecule has 5 fully saturated rings. The van der Waals surface area contributed by atoms with Gasteiger partial charge in [-0.3, -0.25) is 9.59 Å². The van der Waals surface area contributed by atoms with Crippen LogP contribution in [0.15, 0.2) is 0 Å². The Kier molecular flexibility index (Phi) is 6.24. The Hall–Kier alpha value is -1.06. The normalized spacial score (nSPS) is 47.2. The Morgan fingerprint density at radius 2 is 1.53 bits per heavy atom. The highest BCUT2D eigenvalue weighted by Gasteiger charge is 2.82. The van der Waals surface area contributed by atoms with E-state index in [-0.39, 0.29) is 34.2 Å². The van der Waals surface area contributed by atoms with Crippen molar-refractivity contribution in [2.75, 3.05) is 0 Å². The molecule has 2 spiro atoms. The van der Waals surface area contributed by atoms with E-state index in [1.807, 2.05) is 0 Å². The van der Waals surface area contributed by atoms with Crippen LogP contribution < -0.4 is 0 Å². The topological polar surface area (TPSA) is 63.6 Å². The van der Waals surface area contributed by atoms with Gasteiger partial charge in [0.1, 0.15) is 6.10 Å². The summed E-state index contributed by atoms with van der Waals surface area (Å²) >= 11 is 0. The van der Waals surface area contributed by atoms with Crippen LogP contribution in [-0.4, -0.2) is 23.1 Å². The molecule has 36 heavy (non-hydrogen) atoms. The summed E-state index contributed by atoms with van der Waals surface area (Å²) in [6, 6.07) is 0. The van der Waals surface area contributed by atoms with Gasteiger partial charge in [-0.2, -0.15) is 0 Å². The quantitative estimate of drug-likeness (QED) is 0.361. The molecule has 0 aromatic rings. The molecule has 0 unspecified atom stereocenters. The van der Waals surface area contributed by atoms with E-state index < -0.39 is 5.97 Å². The van der Waals surface area contributed by atoms with Gasteiger partial charge in [0.2, 0.25) is 0 Å². The fourth-order valence-electron chi connectivity index (χ4n) is 11.7. The van der Waals surface area contributed by atoms with Crippen LogP contribution in [0.5, 0.6) is 0 Å². The summed E-state index contributed by atoms with van der Waals surface area (Å²) in [7, 11) is 0. The molecule has 1 N–H and O–H groups in total. The van der Waals surface area contributed by atoms with E-state index >= 15 is 0 Å². The molecule has 0 bridgehead atoms. The van der Waals surface area contributed by atoms with Crippen LogP contribution in [-0.2, 0) is 14.3 Å². The van der Waals surface area contributed by atoms with Crippen molar-refractivity contribution in [3.05, 3.63) is 0 Å². The van der Waals surface area contributed by atoms with E-state index in [9.17, 15) is 14.7 Å². The van der Waals surface area contributed by atoms with Gasteiger partial charge < -0.3 is 9.84 Å². The number of aliphatic carboxylic acids is 1. The van der Waals surface area contributed by atoms with Crippen LogP contribution in [0.2, 0.25) is 0 Å². The number of carboxylic acids is 1. The third kappa shape index (κ3) is 3.43. The number of carbonyl (C=O) groups is 2. The maximum Gasteiger partial charge on any atom is 0.306 e. The summed E-state index contributed by atoms with van der Waals surface area (Å²) in [4.78, 5) is 24.4. The van der Waals surface area contributed by atoms with Crippen molar-refractivity contribution in [1.82, 2.24) is 0 Å². The van der Waals surface area contributed by atoms with Crippen LogP contribution >= 0.6 is 0 Å². The number of carbonyl (C=O) groups excluding carboxylic acids is 1. The third-order valence-electron chi connectivity index (χ3n) is 13.5. The summed E-state index contributed by atoms with van der Waals surface area (Å²) in [5.74, 6) is 1.43. The maximum absolute atomic E-state index is 12.6. The number of ether oxygens (including phenoxy) is 1. The van der Waals surface area contributed by atoms with E-state index in [0.717, 1.165) is 38.0 Å². The van der Waals surface area contributed by atoms with Crippen molar-refractivity contribution in [3.63, 3.8) is 0 Å². The summed E-state index contributed by atoms with van der Waals surface area (Å²) < 4.78 is 5.87. The second kappa shape index (κ2) is 8.47. The van der Waals surface area contributed by atoms with Crippen LogP contribution in [0.1, 0.15) is 126 Å². The molecule has 0 heterocycles. The molecular formula is C32H52O4. The summed E-state index contributed by atoms with van der Waals surface area (Å²) in [5, 5.41) is 10.3. The molecule has 204 valence electrons. The molecule has 4 heteroatoms. The lowest BCUT2D eigenvalue weighted by Gasteiger charge is -2.63. The van der Waals surface area contributed by atoms with Gasteiger partial charge in [0, 0.05) is 12.3 Å². The smallest absolute Gasteiger partial charge is 0.306 e. The number of carboxylic acid groups (broad SMARTS) is 1. The van der Waals surface area contributed by atoms with Gasteiger partial charge in [-0.15, -0.1) is 0 Å². The van der Waals surface area contributed by atoms with Gasteiger partial charge in [-0.1, -0.05) is 54.4 Å². The average molecular weight is 501 g/mol. The molecule has 0 radical (unpaired) electrons. The SMILES string of the molecule is CC(=O)O[C@@H]1CC[C@]23C[C@]24CC[C@]2(C)[C@@H]([C@@H](CCCC(C)C)C(=O)O)CC[C@@]2(C)[C@H]4CC[C@@H]3C1(C)C. The molecule has 0 aromatic heterocycles. The predicted octanol–water partition coefficient (Wildman–Crippen LogP) is 7.88. The molecule has 9 atom stereocenters. The largest absolute Gasteiger partial charge is 0.481 e. The number of hydrogen-bond acceptors (Lipinski definition) is 3. The van der Waals surface area contributed by atoms with Crippen LogP contribution in [0.4, 0.5) is 0 Å². The minimum Gasteiger partial charge on any atom is -0.481 e. The van der Waals surface area contributed by atoms with Crippen molar-refractivity contribution in [2.24, 2.45) is 56.7 Å². The van der Waals surface area contributed by atoms with Crippen LogP contribution in [0, 0.1) is 56.7 Å². The second-order valence-corrected chi connectivity index (χ2v) is 15.4. The Bertz CT molecular complexity index is 908. The lowest BCUT2D eigenvalue weighted by Crippen LogP contribution is -2.58. The molecule has 0 saturated heterocycles. The van der Waals surface area contributed by atoms with Gasteiger partial charge in [-0.05, 0) is 110 Å². The van der Waals surface area contributed by atoms with Crippen molar-refractivity contribution in [1.29, 1.82) is 0 Å². The Morgan fingerprint density at radius 3 is 2.17 bits per heavy atom. The van der Waals surface area contributed by atoms with Crippen molar-refractivity contribution in [2.45, 2.75) is 132 Å². The molecule has 5 aliphatic carbocycles. The number of esters is 1. The first-order valence-corrected chi connectivity index (χ1v) is 15.2. The number of fused-ring (bicyclic) bond motifs is 2. The lowest BCUT2D eigenvalue weighted by molar-refractivity contribution is -0.182. The van der Waals surface area contributed by atoms with Crippen LogP contribution in [0.3, 0.4) is 0 Å². The van der Waals surface area contributed by atoms with E-state index in [4.69, 9.17) is 4.74 Å². The van der Waals surface area contributed by atoms with Crippen molar-refractivity contribution < 1.29 is 19.4 Å². The first-order valence-electron chi connectivity index (χ1n) is 15.2. The first kappa shape index (κ1) is 26.5. The number of hydrogen-bond donors (Lipinski definition) is 1. The average Bonchev–Trinajstić information content (AvgIpc) is 3.36. The Labute approximate surface area is 219 Å². The van der Waals surface area contributed by atoms with Gasteiger partial charge in [0.15, 0.2) is 0 Å². The van der Waals surface area contributed by atoms with E-state index in [1.54, 1.807) is 6.92 Å². The fraction of sp³-hybridized carbons (Fsp3) is 0.938. The zero-order valence-corrected chi connectivity index (χ0v) is 24.1. The Morgan fingerprint density at radius 1 is 0.861 bits per heavy atom. The highest BCUT2D eigenvalue weighted by atomic mass is 16.5. The van der Waals surface area contributed by atoms with E-state index in [0.29, 0.717) is 28.6 Å². The minimum absolute atomic E-state index is 0.0308. The molecule has 5 saturated carbocycles. The zero-order chi connectivity index (χ0) is 26.3. The molecule has 5 rings (SSSR count). The monoisotopic (exact) mass is 500 g/mol. The van der Waals surface area contributed by atoms with Crippen molar-refractivity contribution >= 4 is 11.9 Å². The van der Waals surface area contributed by atoms with Gasteiger partial charge >= 0.3 is 11.9 Å². The molecule has 0 aliphatic heterocycles. The lowest BCUT2D eigenvalue weighted by atomic mass is 9.41. The van der Waals surface area contributed by atoms with E-state index in [1.165, 1.54) is 44.9 Å². The van der Waals surface area contributed by atoms with E-state index in [2.05, 4.69) is 41.5 Å². The maximum atomic E-state index is 12.6. The van der Waals surface area contributed by atoms with Gasteiger partial charge in [0.05, 0.1) is 5.92 Å². The van der Waals surface area contributed by atoms with Crippen LogP contribution in [0.25, 0.3) is 0 Å². The minimum atomic E-state index is -0.549. The first-order chi connectivity index (χ1) is 16.8. The highest BCUT2D eigenvalue weighted by molar-refractivity contribution is 5.70. The number of rotatable bonds is 7. The molecular weight excluding hydrogens is 448 g/mol.